The van der Waals surface area contributed by atoms with Crippen molar-refractivity contribution >= 4 is 0 Å². The number of nitrogens with one attached hydrogen (secondary N) is 1. The molecule has 1 aromatic carbocycles. The molecule has 6 heteroatoms. The van der Waals surface area contributed by atoms with Gasteiger partial charge in [-0.15, -0.1) is 0 Å². The van der Waals surface area contributed by atoms with Crippen LogP contribution in [0.25, 0.3) is 11.1 Å². The van der Waals surface area contributed by atoms with Crippen LogP contribution in [0.5, 0.6) is 5.88 Å². The van der Waals surface area contributed by atoms with Crippen molar-refractivity contribution in [3.8, 4) is 17.0 Å². The number of rotatable bonds is 3. The monoisotopic (exact) mass is 290 g/mol. The molecule has 1 atom stereocenters. The number of hydrogen-bond acceptors (Lipinski definition) is 4. The minimum absolute atomic E-state index is 0.00635. The van der Waals surface area contributed by atoms with E-state index in [-0.39, 0.29) is 17.2 Å². The maximum Gasteiger partial charge on any atom is 0.262 e. The third-order valence-electron chi connectivity index (χ3n) is 3.54. The Bertz CT molecular complexity index is 708. The lowest BCUT2D eigenvalue weighted by Gasteiger charge is -2.10. The smallest absolute Gasteiger partial charge is 0.262 e. The van der Waals surface area contributed by atoms with Gasteiger partial charge in [0, 0.05) is 18.6 Å². The topological polar surface area (TPSA) is 75.2 Å². The average Bonchev–Trinajstić information content (AvgIpc) is 2.93. The van der Waals surface area contributed by atoms with E-state index >= 15 is 0 Å². The van der Waals surface area contributed by atoms with Gasteiger partial charge in [0.1, 0.15) is 17.2 Å². The molecule has 1 aromatic heterocycles. The Kier molecular flexibility index (Phi) is 3.70. The molecule has 0 bridgehead atoms. The van der Waals surface area contributed by atoms with E-state index in [4.69, 9.17) is 4.74 Å². The SMILES string of the molecule is O=c1[nH]c(CC2CCCO2)nc(O)c1-c1ccccc1F. The molecule has 1 saturated heterocycles. The standard InChI is InChI=1S/C15H15FN2O3/c16-11-6-2-1-5-10(11)13-14(19)17-12(18-15(13)20)8-9-4-3-7-21-9/h1-2,5-6,9H,3-4,7-8H2,(H2,17,18,19,20). The molecule has 3 rings (SSSR count). The molecule has 2 N–H and O–H groups in total. The number of ether oxygens (including phenoxy) is 1. The fourth-order valence-corrected chi connectivity index (χ4v) is 2.53. The van der Waals surface area contributed by atoms with Gasteiger partial charge in [-0.1, -0.05) is 18.2 Å². The van der Waals surface area contributed by atoms with Crippen molar-refractivity contribution in [1.82, 2.24) is 9.97 Å². The summed E-state index contributed by atoms with van der Waals surface area (Å²) in [5.41, 5.74) is -0.669. The third-order valence-corrected chi connectivity index (χ3v) is 3.54. The fraction of sp³-hybridized carbons (Fsp3) is 0.333. The number of aromatic hydroxyl groups is 1. The lowest BCUT2D eigenvalue weighted by molar-refractivity contribution is 0.109. The van der Waals surface area contributed by atoms with E-state index in [2.05, 4.69) is 9.97 Å². The highest BCUT2D eigenvalue weighted by atomic mass is 19.1. The lowest BCUT2D eigenvalue weighted by Crippen LogP contribution is -2.18. The Morgan fingerprint density at radius 2 is 2.24 bits per heavy atom. The van der Waals surface area contributed by atoms with E-state index in [1.165, 1.54) is 18.2 Å². The van der Waals surface area contributed by atoms with Crippen LogP contribution in [-0.2, 0) is 11.2 Å². The lowest BCUT2D eigenvalue weighted by atomic mass is 10.1. The minimum atomic E-state index is -0.577. The summed E-state index contributed by atoms with van der Waals surface area (Å²) in [4.78, 5) is 18.7. The highest BCUT2D eigenvalue weighted by Crippen LogP contribution is 2.26. The van der Waals surface area contributed by atoms with Crippen LogP contribution < -0.4 is 5.56 Å². The summed E-state index contributed by atoms with van der Waals surface area (Å²) in [5.74, 6) is -0.687. The first kappa shape index (κ1) is 13.8. The van der Waals surface area contributed by atoms with Crippen molar-refractivity contribution < 1.29 is 14.2 Å². The average molecular weight is 290 g/mol. The van der Waals surface area contributed by atoms with Crippen LogP contribution in [0.2, 0.25) is 0 Å². The van der Waals surface area contributed by atoms with E-state index in [1.807, 2.05) is 0 Å². The molecular weight excluding hydrogens is 275 g/mol. The van der Waals surface area contributed by atoms with E-state index in [9.17, 15) is 14.3 Å². The highest BCUT2D eigenvalue weighted by molar-refractivity contribution is 5.67. The molecule has 0 amide bonds. The van der Waals surface area contributed by atoms with Crippen LogP contribution in [-0.4, -0.2) is 27.8 Å². The first-order chi connectivity index (χ1) is 10.1. The fourth-order valence-electron chi connectivity index (χ4n) is 2.53. The van der Waals surface area contributed by atoms with Crippen molar-refractivity contribution in [3.05, 3.63) is 46.3 Å². The highest BCUT2D eigenvalue weighted by Gasteiger charge is 2.20. The number of benzene rings is 1. The maximum atomic E-state index is 13.8. The van der Waals surface area contributed by atoms with E-state index in [1.54, 1.807) is 6.07 Å². The summed E-state index contributed by atoms with van der Waals surface area (Å²) in [7, 11) is 0. The molecule has 0 saturated carbocycles. The number of nitrogens with zero attached hydrogens (tertiary/aromatic N) is 1. The maximum absolute atomic E-state index is 13.8. The number of hydrogen-bond donors (Lipinski definition) is 2. The zero-order chi connectivity index (χ0) is 14.8. The van der Waals surface area contributed by atoms with Crippen molar-refractivity contribution in [2.45, 2.75) is 25.4 Å². The molecular formula is C15H15FN2O3. The van der Waals surface area contributed by atoms with E-state index in [0.717, 1.165) is 12.8 Å². The molecule has 0 aliphatic carbocycles. The predicted octanol–water partition coefficient (Wildman–Crippen LogP) is 2.00. The zero-order valence-electron chi connectivity index (χ0n) is 11.3. The minimum Gasteiger partial charge on any atom is -0.493 e. The van der Waals surface area contributed by atoms with Gasteiger partial charge in [0.2, 0.25) is 5.88 Å². The molecule has 0 spiro atoms. The van der Waals surface area contributed by atoms with Crippen LogP contribution in [0.15, 0.2) is 29.1 Å². The molecule has 0 radical (unpaired) electrons. The largest absolute Gasteiger partial charge is 0.493 e. The molecule has 1 aliphatic rings. The van der Waals surface area contributed by atoms with Crippen LogP contribution in [0.1, 0.15) is 18.7 Å². The Hall–Kier alpha value is -2.21. The second-order valence-corrected chi connectivity index (χ2v) is 5.03. The number of halogens is 1. The number of aromatic nitrogens is 2. The van der Waals surface area contributed by atoms with E-state index < -0.39 is 17.3 Å². The summed E-state index contributed by atoms with van der Waals surface area (Å²) >= 11 is 0. The molecule has 2 aromatic rings. The molecule has 5 nitrogen and oxygen atoms in total. The summed E-state index contributed by atoms with van der Waals surface area (Å²) < 4.78 is 19.2. The second-order valence-electron chi connectivity index (χ2n) is 5.03. The Balaban J connectivity index is 1.97. The van der Waals surface area contributed by atoms with E-state index in [0.29, 0.717) is 18.9 Å². The van der Waals surface area contributed by atoms with Gasteiger partial charge in [0.05, 0.1) is 6.10 Å². The van der Waals surface area contributed by atoms with Crippen molar-refractivity contribution in [3.63, 3.8) is 0 Å². The zero-order valence-corrected chi connectivity index (χ0v) is 11.3. The Morgan fingerprint density at radius 3 is 2.90 bits per heavy atom. The third kappa shape index (κ3) is 2.80. The summed E-state index contributed by atoms with van der Waals surface area (Å²) in [5, 5.41) is 9.99. The Labute approximate surface area is 120 Å². The number of H-pyrrole nitrogens is 1. The van der Waals surface area contributed by atoms with Crippen molar-refractivity contribution in [1.29, 1.82) is 0 Å². The molecule has 1 fully saturated rings. The first-order valence-corrected chi connectivity index (χ1v) is 6.84. The van der Waals surface area contributed by atoms with Crippen molar-refractivity contribution in [2.75, 3.05) is 6.61 Å². The molecule has 110 valence electrons. The van der Waals surface area contributed by atoms with Gasteiger partial charge in [0.15, 0.2) is 0 Å². The Morgan fingerprint density at radius 1 is 1.43 bits per heavy atom. The normalized spacial score (nSPS) is 18.0. The number of aromatic amines is 1. The predicted molar refractivity (Wildman–Crippen MR) is 74.6 cm³/mol. The van der Waals surface area contributed by atoms with Crippen LogP contribution in [0.4, 0.5) is 4.39 Å². The van der Waals surface area contributed by atoms with Crippen LogP contribution in [0, 0.1) is 5.82 Å². The van der Waals surface area contributed by atoms with Gasteiger partial charge in [-0.25, -0.2) is 4.39 Å². The van der Waals surface area contributed by atoms with Gasteiger partial charge in [-0.2, -0.15) is 4.98 Å². The van der Waals surface area contributed by atoms with Gasteiger partial charge >= 0.3 is 0 Å². The molecule has 1 aliphatic heterocycles. The summed E-state index contributed by atoms with van der Waals surface area (Å²) in [6, 6.07) is 5.77. The van der Waals surface area contributed by atoms with Gasteiger partial charge in [-0.05, 0) is 18.9 Å². The molecule has 2 heterocycles. The second kappa shape index (κ2) is 5.65. The van der Waals surface area contributed by atoms with Gasteiger partial charge in [0.25, 0.3) is 5.56 Å². The molecule has 21 heavy (non-hydrogen) atoms. The summed E-state index contributed by atoms with van der Waals surface area (Å²) in [6.45, 7) is 0.703. The summed E-state index contributed by atoms with van der Waals surface area (Å²) in [6.07, 6.45) is 2.32. The van der Waals surface area contributed by atoms with Crippen LogP contribution >= 0.6 is 0 Å². The van der Waals surface area contributed by atoms with Gasteiger partial charge in [-0.3, -0.25) is 4.79 Å². The van der Waals surface area contributed by atoms with Gasteiger partial charge < -0.3 is 14.8 Å². The first-order valence-electron chi connectivity index (χ1n) is 6.84. The quantitative estimate of drug-likeness (QED) is 0.906. The molecule has 1 unspecified atom stereocenters. The van der Waals surface area contributed by atoms with Crippen LogP contribution in [0.3, 0.4) is 0 Å². The van der Waals surface area contributed by atoms with Crippen molar-refractivity contribution in [2.24, 2.45) is 0 Å².